The van der Waals surface area contributed by atoms with Crippen LogP contribution in [0, 0.1) is 0 Å². The quantitative estimate of drug-likeness (QED) is 0.584. The molecule has 1 saturated heterocycles. The molecule has 2 heterocycles. The minimum absolute atomic E-state index is 0.0376. The van der Waals surface area contributed by atoms with E-state index in [1.165, 1.54) is 0 Å². The Morgan fingerprint density at radius 1 is 1.29 bits per heavy atom. The number of hydrogen-bond acceptors (Lipinski definition) is 5. The fraction of sp³-hybridized carbons (Fsp3) is 0.688. The van der Waals surface area contributed by atoms with Crippen LogP contribution in [0.2, 0.25) is 10.4 Å². The lowest BCUT2D eigenvalue weighted by atomic mass is 10.1. The van der Waals surface area contributed by atoms with Crippen molar-refractivity contribution in [3.63, 3.8) is 0 Å². The van der Waals surface area contributed by atoms with Gasteiger partial charge in [0.05, 0.1) is 0 Å². The topological polar surface area (TPSA) is 58.6 Å². The lowest BCUT2D eigenvalue weighted by Crippen LogP contribution is -2.59. The summed E-state index contributed by atoms with van der Waals surface area (Å²) in [6.45, 7) is 11.7. The molecule has 0 radical (unpaired) electrons. The SMILES string of the molecule is CC1CN(Cc2cnc(Cl)nc2Cl)CC(C)N1C(=O)OC(C)(C)C. The largest absolute Gasteiger partial charge is 0.444 e. The van der Waals surface area contributed by atoms with E-state index in [2.05, 4.69) is 14.9 Å². The number of hydrogen-bond donors (Lipinski definition) is 0. The van der Waals surface area contributed by atoms with Gasteiger partial charge in [0.1, 0.15) is 10.8 Å². The molecule has 0 spiro atoms. The van der Waals surface area contributed by atoms with E-state index in [1.807, 2.05) is 39.5 Å². The van der Waals surface area contributed by atoms with E-state index in [9.17, 15) is 4.79 Å². The highest BCUT2D eigenvalue weighted by molar-refractivity contribution is 6.32. The summed E-state index contributed by atoms with van der Waals surface area (Å²) in [4.78, 5) is 24.4. The molecule has 1 aromatic rings. The molecule has 0 saturated carbocycles. The van der Waals surface area contributed by atoms with Crippen molar-refractivity contribution < 1.29 is 9.53 Å². The van der Waals surface area contributed by atoms with E-state index in [0.29, 0.717) is 11.7 Å². The second-order valence-corrected chi connectivity index (χ2v) is 7.93. The average Bonchev–Trinajstić information content (AvgIpc) is 2.39. The van der Waals surface area contributed by atoms with Gasteiger partial charge in [0.2, 0.25) is 5.28 Å². The Labute approximate surface area is 153 Å². The van der Waals surface area contributed by atoms with E-state index < -0.39 is 5.60 Å². The predicted octanol–water partition coefficient (Wildman–Crippen LogP) is 3.61. The van der Waals surface area contributed by atoms with Gasteiger partial charge < -0.3 is 9.64 Å². The summed E-state index contributed by atoms with van der Waals surface area (Å²) in [7, 11) is 0. The lowest BCUT2D eigenvalue weighted by molar-refractivity contribution is -0.0162. The van der Waals surface area contributed by atoms with E-state index in [0.717, 1.165) is 18.7 Å². The molecule has 0 N–H and O–H groups in total. The van der Waals surface area contributed by atoms with Crippen molar-refractivity contribution in [3.8, 4) is 0 Å². The molecule has 2 atom stereocenters. The van der Waals surface area contributed by atoms with Crippen LogP contribution in [0.3, 0.4) is 0 Å². The smallest absolute Gasteiger partial charge is 0.410 e. The molecule has 2 rings (SSSR count). The van der Waals surface area contributed by atoms with Crippen molar-refractivity contribution in [1.29, 1.82) is 0 Å². The first kappa shape index (κ1) is 19.2. The van der Waals surface area contributed by atoms with Gasteiger partial charge in [-0.1, -0.05) is 11.6 Å². The molecular weight excluding hydrogens is 351 g/mol. The zero-order chi connectivity index (χ0) is 18.1. The molecule has 134 valence electrons. The van der Waals surface area contributed by atoms with Gasteiger partial charge in [-0.15, -0.1) is 0 Å². The van der Waals surface area contributed by atoms with Gasteiger partial charge in [0.15, 0.2) is 0 Å². The molecule has 8 heteroatoms. The molecule has 0 aromatic carbocycles. The molecular formula is C16H24Cl2N4O2. The Morgan fingerprint density at radius 3 is 2.38 bits per heavy atom. The first-order valence-electron chi connectivity index (χ1n) is 7.97. The number of halogens is 2. The van der Waals surface area contributed by atoms with Crippen LogP contribution in [0.1, 0.15) is 40.2 Å². The zero-order valence-electron chi connectivity index (χ0n) is 14.7. The Hall–Kier alpha value is -1.11. The molecule has 1 aliphatic heterocycles. The number of ether oxygens (including phenoxy) is 1. The van der Waals surface area contributed by atoms with Gasteiger partial charge in [0, 0.05) is 43.5 Å². The zero-order valence-corrected chi connectivity index (χ0v) is 16.2. The minimum atomic E-state index is -0.498. The van der Waals surface area contributed by atoms with Gasteiger partial charge in [-0.25, -0.2) is 14.8 Å². The Bertz CT molecular complexity index is 594. The van der Waals surface area contributed by atoms with E-state index in [4.69, 9.17) is 27.9 Å². The monoisotopic (exact) mass is 374 g/mol. The summed E-state index contributed by atoms with van der Waals surface area (Å²) in [6, 6.07) is 0.0752. The molecule has 1 fully saturated rings. The molecule has 0 aliphatic carbocycles. The van der Waals surface area contributed by atoms with Crippen LogP contribution >= 0.6 is 23.2 Å². The van der Waals surface area contributed by atoms with Gasteiger partial charge in [-0.2, -0.15) is 0 Å². The summed E-state index contributed by atoms with van der Waals surface area (Å²) in [5, 5.41) is 0.505. The Balaban J connectivity index is 2.03. The van der Waals surface area contributed by atoms with Gasteiger partial charge in [-0.05, 0) is 46.2 Å². The van der Waals surface area contributed by atoms with E-state index >= 15 is 0 Å². The number of carbonyl (C=O) groups excluding carboxylic acids is 1. The number of rotatable bonds is 2. The highest BCUT2D eigenvalue weighted by atomic mass is 35.5. The standard InChI is InChI=1S/C16H24Cl2N4O2/c1-10-7-21(9-12-6-19-14(18)20-13(12)17)8-11(2)22(10)15(23)24-16(3,4)5/h6,10-11H,7-9H2,1-5H3. The molecule has 1 aromatic heterocycles. The summed E-state index contributed by atoms with van der Waals surface area (Å²) < 4.78 is 5.52. The highest BCUT2D eigenvalue weighted by Gasteiger charge is 2.35. The average molecular weight is 375 g/mol. The summed E-state index contributed by atoms with van der Waals surface area (Å²) >= 11 is 11.9. The number of nitrogens with zero attached hydrogens (tertiary/aromatic N) is 4. The van der Waals surface area contributed by atoms with Crippen LogP contribution in [0.15, 0.2) is 6.20 Å². The van der Waals surface area contributed by atoms with Crippen LogP contribution < -0.4 is 0 Å². The number of amides is 1. The van der Waals surface area contributed by atoms with Crippen molar-refractivity contribution >= 4 is 29.3 Å². The summed E-state index contributed by atoms with van der Waals surface area (Å²) in [6.07, 6.45) is 1.38. The van der Waals surface area contributed by atoms with Crippen molar-refractivity contribution in [2.45, 2.75) is 58.8 Å². The third kappa shape index (κ3) is 4.94. The highest BCUT2D eigenvalue weighted by Crippen LogP contribution is 2.23. The summed E-state index contributed by atoms with van der Waals surface area (Å²) in [5.74, 6) is 0. The first-order valence-corrected chi connectivity index (χ1v) is 8.73. The molecule has 1 amide bonds. The molecule has 0 bridgehead atoms. The van der Waals surface area contributed by atoms with E-state index in [-0.39, 0.29) is 23.5 Å². The molecule has 24 heavy (non-hydrogen) atoms. The lowest BCUT2D eigenvalue weighted by Gasteiger charge is -2.44. The van der Waals surface area contributed by atoms with Crippen LogP contribution in [0.25, 0.3) is 0 Å². The van der Waals surface area contributed by atoms with Crippen molar-refractivity contribution in [2.75, 3.05) is 13.1 Å². The van der Waals surface area contributed by atoms with Gasteiger partial charge >= 0.3 is 6.09 Å². The Morgan fingerprint density at radius 2 is 1.88 bits per heavy atom. The molecule has 1 aliphatic rings. The number of aromatic nitrogens is 2. The molecule has 6 nitrogen and oxygen atoms in total. The number of piperazine rings is 1. The van der Waals surface area contributed by atoms with Crippen LogP contribution in [0.4, 0.5) is 4.79 Å². The summed E-state index contributed by atoms with van der Waals surface area (Å²) in [5.41, 5.74) is 0.327. The second-order valence-electron chi connectivity index (χ2n) is 7.23. The van der Waals surface area contributed by atoms with Crippen LogP contribution in [-0.4, -0.2) is 56.6 Å². The van der Waals surface area contributed by atoms with Gasteiger partial charge in [-0.3, -0.25) is 4.90 Å². The van der Waals surface area contributed by atoms with Crippen LogP contribution in [-0.2, 0) is 11.3 Å². The van der Waals surface area contributed by atoms with Gasteiger partial charge in [0.25, 0.3) is 0 Å². The Kier molecular flexibility index (Phi) is 5.94. The fourth-order valence-electron chi connectivity index (χ4n) is 2.95. The fourth-order valence-corrected chi connectivity index (χ4v) is 3.31. The maximum Gasteiger partial charge on any atom is 0.410 e. The molecule has 2 unspecified atom stereocenters. The normalized spacial score (nSPS) is 22.5. The minimum Gasteiger partial charge on any atom is -0.444 e. The number of carbonyl (C=O) groups is 1. The maximum absolute atomic E-state index is 12.4. The maximum atomic E-state index is 12.4. The van der Waals surface area contributed by atoms with E-state index in [1.54, 1.807) is 6.20 Å². The third-order valence-corrected chi connectivity index (χ3v) is 4.28. The van der Waals surface area contributed by atoms with Crippen LogP contribution in [0.5, 0.6) is 0 Å². The van der Waals surface area contributed by atoms with Crippen molar-refractivity contribution in [3.05, 3.63) is 22.2 Å². The third-order valence-electron chi connectivity index (χ3n) is 3.78. The van der Waals surface area contributed by atoms with Crippen molar-refractivity contribution in [2.24, 2.45) is 0 Å². The first-order chi connectivity index (χ1) is 11.1. The second kappa shape index (κ2) is 7.42. The van der Waals surface area contributed by atoms with Crippen molar-refractivity contribution in [1.82, 2.24) is 19.8 Å². The predicted molar refractivity (Wildman–Crippen MR) is 94.3 cm³/mol.